The first-order valence-corrected chi connectivity index (χ1v) is 8.43. The maximum Gasteiger partial charge on any atom is 0.269 e. The van der Waals surface area contributed by atoms with Gasteiger partial charge in [0.05, 0.1) is 13.2 Å². The number of hydrogen-bond acceptors (Lipinski definition) is 4. The fourth-order valence-electron chi connectivity index (χ4n) is 3.37. The van der Waals surface area contributed by atoms with E-state index in [0.717, 1.165) is 17.0 Å². The highest BCUT2D eigenvalue weighted by atomic mass is 16.5. The van der Waals surface area contributed by atoms with Crippen LogP contribution in [0.25, 0.3) is 0 Å². The summed E-state index contributed by atoms with van der Waals surface area (Å²) in [6.45, 7) is 1.26. The summed E-state index contributed by atoms with van der Waals surface area (Å²) in [7, 11) is 5.12. The topological polar surface area (TPSA) is 68.8 Å². The number of aliphatic hydroxyl groups is 1. The molecule has 1 aliphatic rings. The Morgan fingerprint density at radius 2 is 2.16 bits per heavy atom. The van der Waals surface area contributed by atoms with Crippen LogP contribution >= 0.6 is 0 Å². The maximum absolute atomic E-state index is 12.0. The largest absolute Gasteiger partial charge is 0.497 e. The first-order valence-electron chi connectivity index (χ1n) is 8.43. The minimum absolute atomic E-state index is 0.0444. The van der Waals surface area contributed by atoms with Crippen LogP contribution in [0.15, 0.2) is 36.4 Å². The van der Waals surface area contributed by atoms with Crippen molar-refractivity contribution < 1.29 is 14.6 Å². The van der Waals surface area contributed by atoms with Crippen LogP contribution in [0, 0.1) is 0 Å². The number of carbonyl (C=O) groups is 1. The van der Waals surface area contributed by atoms with Gasteiger partial charge in [-0.2, -0.15) is 0 Å². The minimum Gasteiger partial charge on any atom is -0.497 e. The molecule has 0 saturated carbocycles. The molecule has 6 heteroatoms. The number of ether oxygens (including phenoxy) is 1. The number of aliphatic hydroxyl groups excluding tert-OH is 1. The molecule has 1 aromatic carbocycles. The van der Waals surface area contributed by atoms with Crippen molar-refractivity contribution in [2.75, 3.05) is 27.7 Å². The van der Waals surface area contributed by atoms with Crippen LogP contribution in [0.4, 0.5) is 0 Å². The third-order valence-corrected chi connectivity index (χ3v) is 4.62. The van der Waals surface area contributed by atoms with Crippen molar-refractivity contribution in [1.29, 1.82) is 0 Å². The number of rotatable bonds is 5. The summed E-state index contributed by atoms with van der Waals surface area (Å²) in [5.74, 6) is 0.773. The lowest BCUT2D eigenvalue weighted by molar-refractivity contribution is 0.0822. The average molecular weight is 343 g/mol. The Labute approximate surface area is 148 Å². The molecule has 2 N–H and O–H groups in total. The van der Waals surface area contributed by atoms with E-state index in [-0.39, 0.29) is 18.1 Å². The van der Waals surface area contributed by atoms with Gasteiger partial charge in [-0.25, -0.2) is 0 Å². The van der Waals surface area contributed by atoms with Crippen LogP contribution in [0.2, 0.25) is 0 Å². The molecule has 2 atom stereocenters. The number of benzene rings is 1. The Morgan fingerprint density at radius 1 is 1.36 bits per heavy atom. The molecule has 0 spiro atoms. The Balaban J connectivity index is 1.77. The second kappa shape index (κ2) is 7.29. The lowest BCUT2D eigenvalue weighted by atomic mass is 10.0. The van der Waals surface area contributed by atoms with Gasteiger partial charge in [-0.05, 0) is 36.2 Å². The lowest BCUT2D eigenvalue weighted by Crippen LogP contribution is -2.25. The molecule has 0 radical (unpaired) electrons. The van der Waals surface area contributed by atoms with Gasteiger partial charge in [-0.15, -0.1) is 0 Å². The number of H-pyrrole nitrogens is 1. The molecule has 0 unspecified atom stereocenters. The van der Waals surface area contributed by atoms with Crippen molar-refractivity contribution in [2.24, 2.45) is 0 Å². The van der Waals surface area contributed by atoms with Gasteiger partial charge >= 0.3 is 0 Å². The molecular weight excluding hydrogens is 318 g/mol. The average Bonchev–Trinajstić information content (AvgIpc) is 3.21. The quantitative estimate of drug-likeness (QED) is 0.872. The number of aromatic amines is 1. The van der Waals surface area contributed by atoms with E-state index in [0.29, 0.717) is 25.2 Å². The zero-order valence-corrected chi connectivity index (χ0v) is 14.9. The molecule has 1 aliphatic heterocycles. The summed E-state index contributed by atoms with van der Waals surface area (Å²) in [5.41, 5.74) is 2.68. The van der Waals surface area contributed by atoms with Crippen molar-refractivity contribution in [2.45, 2.75) is 25.1 Å². The second-order valence-electron chi connectivity index (χ2n) is 6.71. The van der Waals surface area contributed by atoms with Gasteiger partial charge < -0.3 is 19.7 Å². The van der Waals surface area contributed by atoms with E-state index in [1.54, 1.807) is 26.1 Å². The minimum atomic E-state index is -0.353. The Kier molecular flexibility index (Phi) is 5.11. The molecule has 0 aliphatic carbocycles. The molecule has 2 heterocycles. The Bertz CT molecular complexity index is 741. The number of aromatic nitrogens is 1. The third kappa shape index (κ3) is 3.86. The van der Waals surface area contributed by atoms with Crippen LogP contribution in [0.1, 0.15) is 34.2 Å². The summed E-state index contributed by atoms with van der Waals surface area (Å²) in [6.07, 6.45) is 0.339. The van der Waals surface area contributed by atoms with Gasteiger partial charge in [-0.1, -0.05) is 12.1 Å². The van der Waals surface area contributed by atoms with Crippen LogP contribution in [-0.4, -0.2) is 59.7 Å². The van der Waals surface area contributed by atoms with Gasteiger partial charge in [-0.3, -0.25) is 9.69 Å². The van der Waals surface area contributed by atoms with E-state index >= 15 is 0 Å². The molecule has 134 valence electrons. The summed E-state index contributed by atoms with van der Waals surface area (Å²) < 4.78 is 5.32. The third-order valence-electron chi connectivity index (χ3n) is 4.62. The first kappa shape index (κ1) is 17.5. The summed E-state index contributed by atoms with van der Waals surface area (Å²) in [5, 5.41) is 10.2. The zero-order valence-electron chi connectivity index (χ0n) is 14.9. The van der Waals surface area contributed by atoms with Crippen molar-refractivity contribution in [3.05, 3.63) is 53.3 Å². The first-order chi connectivity index (χ1) is 12.0. The Hall–Kier alpha value is -2.31. The van der Waals surface area contributed by atoms with Gasteiger partial charge in [0.25, 0.3) is 5.91 Å². The highest BCUT2D eigenvalue weighted by Gasteiger charge is 2.32. The number of carbonyl (C=O) groups excluding carboxylic acids is 1. The predicted octanol–water partition coefficient (Wildman–Crippen LogP) is 2.03. The molecule has 3 rings (SSSR count). The summed E-state index contributed by atoms with van der Waals surface area (Å²) in [6, 6.07) is 11.8. The van der Waals surface area contributed by atoms with Crippen LogP contribution in [-0.2, 0) is 6.54 Å². The SMILES string of the molecule is COc1cccc([C@@H]2C[C@@H](O)CN2Cc2ccc(C(=O)N(C)C)[nH]2)c1. The van der Waals surface area contributed by atoms with E-state index in [1.807, 2.05) is 30.3 Å². The summed E-state index contributed by atoms with van der Waals surface area (Å²) >= 11 is 0. The van der Waals surface area contributed by atoms with Crippen LogP contribution in [0.3, 0.4) is 0 Å². The van der Waals surface area contributed by atoms with E-state index in [9.17, 15) is 9.90 Å². The fraction of sp³-hybridized carbons (Fsp3) is 0.421. The van der Waals surface area contributed by atoms with E-state index in [4.69, 9.17) is 4.74 Å². The number of likely N-dealkylation sites (tertiary alicyclic amines) is 1. The molecule has 1 aromatic heterocycles. The van der Waals surface area contributed by atoms with Crippen LogP contribution in [0.5, 0.6) is 5.75 Å². The number of methoxy groups -OCH3 is 1. The summed E-state index contributed by atoms with van der Waals surface area (Å²) in [4.78, 5) is 19.0. The standard InChI is InChI=1S/C19H25N3O3/c1-21(2)19(24)17-8-7-14(20-17)11-22-12-15(23)10-18(22)13-5-4-6-16(9-13)25-3/h4-9,15,18,20,23H,10-12H2,1-3H3/t15-,18+/m1/s1. The Morgan fingerprint density at radius 3 is 2.88 bits per heavy atom. The van der Waals surface area contributed by atoms with Crippen LogP contribution < -0.4 is 4.74 Å². The molecule has 1 saturated heterocycles. The number of amides is 1. The normalized spacial score (nSPS) is 20.6. The van der Waals surface area contributed by atoms with Crippen molar-refractivity contribution in [3.8, 4) is 5.75 Å². The number of nitrogens with one attached hydrogen (secondary N) is 1. The fourth-order valence-corrected chi connectivity index (χ4v) is 3.37. The lowest BCUT2D eigenvalue weighted by Gasteiger charge is -2.24. The molecule has 6 nitrogen and oxygen atoms in total. The number of nitrogens with zero attached hydrogens (tertiary/aromatic N) is 2. The van der Waals surface area contributed by atoms with Gasteiger partial charge in [0, 0.05) is 38.9 Å². The van der Waals surface area contributed by atoms with Crippen molar-refractivity contribution >= 4 is 5.91 Å². The van der Waals surface area contributed by atoms with Gasteiger partial charge in [0.1, 0.15) is 11.4 Å². The van der Waals surface area contributed by atoms with Gasteiger partial charge in [0.2, 0.25) is 0 Å². The van der Waals surface area contributed by atoms with E-state index in [2.05, 4.69) is 16.0 Å². The van der Waals surface area contributed by atoms with Crippen molar-refractivity contribution in [1.82, 2.24) is 14.8 Å². The molecule has 25 heavy (non-hydrogen) atoms. The molecule has 1 fully saturated rings. The van der Waals surface area contributed by atoms with E-state index in [1.165, 1.54) is 0 Å². The molecule has 1 amide bonds. The maximum atomic E-state index is 12.0. The van der Waals surface area contributed by atoms with Gasteiger partial charge in [0.15, 0.2) is 0 Å². The highest BCUT2D eigenvalue weighted by molar-refractivity contribution is 5.92. The van der Waals surface area contributed by atoms with E-state index < -0.39 is 0 Å². The molecular formula is C19H25N3O3. The highest BCUT2D eigenvalue weighted by Crippen LogP contribution is 2.34. The monoisotopic (exact) mass is 343 g/mol. The number of hydrogen-bond donors (Lipinski definition) is 2. The predicted molar refractivity (Wildman–Crippen MR) is 95.6 cm³/mol. The molecule has 0 bridgehead atoms. The smallest absolute Gasteiger partial charge is 0.269 e. The second-order valence-corrected chi connectivity index (χ2v) is 6.71. The number of β-amino-alcohol motifs (C(OH)–C–C–N with tert-alkyl or cyclic N) is 1. The van der Waals surface area contributed by atoms with Crippen molar-refractivity contribution in [3.63, 3.8) is 0 Å². The zero-order chi connectivity index (χ0) is 18.0. The molecule has 2 aromatic rings.